The first-order chi connectivity index (χ1) is 17.0. The van der Waals surface area contributed by atoms with E-state index in [9.17, 15) is 0 Å². The van der Waals surface area contributed by atoms with Gasteiger partial charge in [0, 0.05) is 69.5 Å². The van der Waals surface area contributed by atoms with Crippen LogP contribution in [-0.2, 0) is 16.0 Å². The number of nitrogens with one attached hydrogen (secondary N) is 1. The Morgan fingerprint density at radius 1 is 1.23 bits per heavy atom. The molecule has 1 aliphatic heterocycles. The molecule has 0 bridgehead atoms. The summed E-state index contributed by atoms with van der Waals surface area (Å²) in [6.07, 6.45) is 4.60. The fourth-order valence-electron chi connectivity index (χ4n) is 4.01. The Balaban J connectivity index is 1.70. The van der Waals surface area contributed by atoms with Crippen LogP contribution in [-0.4, -0.2) is 79.6 Å². The highest BCUT2D eigenvalue weighted by Crippen LogP contribution is 2.30. The van der Waals surface area contributed by atoms with Gasteiger partial charge in [-0.25, -0.2) is 13.8 Å². The maximum atomic E-state index is 15.1. The first kappa shape index (κ1) is 24.8. The number of fused-ring (bicyclic) bond motifs is 1. The van der Waals surface area contributed by atoms with E-state index in [1.54, 1.807) is 37.7 Å². The average Bonchev–Trinajstić information content (AvgIpc) is 2.88. The van der Waals surface area contributed by atoms with Crippen molar-refractivity contribution in [1.82, 2.24) is 19.8 Å². The molecule has 0 atom stereocenters. The maximum absolute atomic E-state index is 15.1. The van der Waals surface area contributed by atoms with Gasteiger partial charge in [-0.1, -0.05) is 12.1 Å². The SMILES string of the molecule is COCCN(C)/C=C(\C=N)c1cnc2cccc(-c3cc(F)c(CN4CCOCC4)c(F)c3)c2n1. The van der Waals surface area contributed by atoms with Gasteiger partial charge in [0.25, 0.3) is 0 Å². The van der Waals surface area contributed by atoms with E-state index in [0.717, 1.165) is 0 Å². The van der Waals surface area contributed by atoms with E-state index in [2.05, 4.69) is 4.98 Å². The van der Waals surface area contributed by atoms with Gasteiger partial charge in [0.15, 0.2) is 0 Å². The van der Waals surface area contributed by atoms with Crippen LogP contribution in [0.1, 0.15) is 11.3 Å². The summed E-state index contributed by atoms with van der Waals surface area (Å²) in [6, 6.07) is 8.07. The number of para-hydroxylation sites is 1. The summed E-state index contributed by atoms with van der Waals surface area (Å²) in [5.74, 6) is -1.18. The minimum Gasteiger partial charge on any atom is -0.383 e. The van der Waals surface area contributed by atoms with Crippen molar-refractivity contribution in [3.05, 3.63) is 65.6 Å². The minimum absolute atomic E-state index is 0.0516. The third kappa shape index (κ3) is 5.87. The lowest BCUT2D eigenvalue weighted by Crippen LogP contribution is -2.36. The predicted molar refractivity (Wildman–Crippen MR) is 132 cm³/mol. The van der Waals surface area contributed by atoms with Crippen molar-refractivity contribution in [2.75, 3.05) is 53.6 Å². The summed E-state index contributed by atoms with van der Waals surface area (Å²) < 4.78 is 40.6. The summed E-state index contributed by atoms with van der Waals surface area (Å²) >= 11 is 0. The summed E-state index contributed by atoms with van der Waals surface area (Å²) in [5, 5.41) is 7.85. The molecule has 3 aromatic rings. The van der Waals surface area contributed by atoms with E-state index in [0.29, 0.717) is 72.9 Å². The molecule has 0 spiro atoms. The van der Waals surface area contributed by atoms with Gasteiger partial charge in [-0.2, -0.15) is 0 Å². The van der Waals surface area contributed by atoms with E-state index >= 15 is 8.78 Å². The van der Waals surface area contributed by atoms with Crippen LogP contribution in [0.2, 0.25) is 0 Å². The van der Waals surface area contributed by atoms with Crippen molar-refractivity contribution in [3.63, 3.8) is 0 Å². The van der Waals surface area contributed by atoms with Gasteiger partial charge in [0.1, 0.15) is 11.6 Å². The summed E-state index contributed by atoms with van der Waals surface area (Å²) in [7, 11) is 3.51. The molecule has 0 radical (unpaired) electrons. The zero-order valence-electron chi connectivity index (χ0n) is 19.9. The molecule has 1 saturated heterocycles. The lowest BCUT2D eigenvalue weighted by Gasteiger charge is -2.27. The first-order valence-electron chi connectivity index (χ1n) is 11.5. The minimum atomic E-state index is -0.590. The van der Waals surface area contributed by atoms with Crippen LogP contribution in [0, 0.1) is 17.0 Å². The summed E-state index contributed by atoms with van der Waals surface area (Å²) in [5.41, 5.74) is 3.18. The molecule has 1 fully saturated rings. The highest BCUT2D eigenvalue weighted by Gasteiger charge is 2.19. The van der Waals surface area contributed by atoms with Gasteiger partial charge in [-0.05, 0) is 23.8 Å². The maximum Gasteiger partial charge on any atom is 0.131 e. The van der Waals surface area contributed by atoms with E-state index in [1.807, 2.05) is 16.8 Å². The van der Waals surface area contributed by atoms with Crippen molar-refractivity contribution in [2.24, 2.45) is 0 Å². The molecule has 1 aromatic heterocycles. The highest BCUT2D eigenvalue weighted by molar-refractivity contribution is 6.08. The van der Waals surface area contributed by atoms with Crippen LogP contribution in [0.4, 0.5) is 8.78 Å². The molecule has 35 heavy (non-hydrogen) atoms. The molecule has 1 aliphatic rings. The quantitative estimate of drug-likeness (QED) is 0.466. The van der Waals surface area contributed by atoms with Gasteiger partial charge in [-0.15, -0.1) is 0 Å². The average molecular weight is 482 g/mol. The van der Waals surface area contributed by atoms with Crippen LogP contribution >= 0.6 is 0 Å². The second kappa shape index (κ2) is 11.4. The first-order valence-corrected chi connectivity index (χ1v) is 11.5. The van der Waals surface area contributed by atoms with Crippen LogP contribution in [0.5, 0.6) is 0 Å². The number of allylic oxidation sites excluding steroid dienone is 1. The topological polar surface area (TPSA) is 74.6 Å². The molecule has 9 heteroatoms. The van der Waals surface area contributed by atoms with E-state index in [-0.39, 0.29) is 12.1 Å². The second-order valence-electron chi connectivity index (χ2n) is 8.44. The highest BCUT2D eigenvalue weighted by atomic mass is 19.1. The van der Waals surface area contributed by atoms with Crippen molar-refractivity contribution >= 4 is 22.8 Å². The number of aromatic nitrogens is 2. The Morgan fingerprint density at radius 3 is 2.66 bits per heavy atom. The molecule has 0 amide bonds. The molecular weight excluding hydrogens is 452 g/mol. The number of nitrogens with zero attached hydrogens (tertiary/aromatic N) is 4. The molecule has 184 valence electrons. The van der Waals surface area contributed by atoms with E-state index in [4.69, 9.17) is 19.9 Å². The molecule has 0 saturated carbocycles. The molecule has 1 N–H and O–H groups in total. The van der Waals surface area contributed by atoms with E-state index in [1.165, 1.54) is 18.3 Å². The molecular formula is C26H29F2N5O2. The summed E-state index contributed by atoms with van der Waals surface area (Å²) in [6.45, 7) is 3.81. The number of hydrogen-bond acceptors (Lipinski definition) is 7. The second-order valence-corrected chi connectivity index (χ2v) is 8.44. The van der Waals surface area contributed by atoms with Crippen molar-refractivity contribution in [3.8, 4) is 11.1 Å². The monoisotopic (exact) mass is 481 g/mol. The Kier molecular flexibility index (Phi) is 8.12. The molecule has 0 unspecified atom stereocenters. The third-order valence-corrected chi connectivity index (χ3v) is 5.97. The van der Waals surface area contributed by atoms with Crippen LogP contribution in [0.3, 0.4) is 0 Å². The fraction of sp³-hybridized carbons (Fsp3) is 0.346. The van der Waals surface area contributed by atoms with E-state index < -0.39 is 11.6 Å². The van der Waals surface area contributed by atoms with Crippen molar-refractivity contribution < 1.29 is 18.3 Å². The molecule has 2 heterocycles. The molecule has 2 aromatic carbocycles. The number of morpholine rings is 1. The van der Waals surface area contributed by atoms with Crippen LogP contribution in [0.25, 0.3) is 27.7 Å². The van der Waals surface area contributed by atoms with Gasteiger partial charge < -0.3 is 19.8 Å². The number of hydrogen-bond donors (Lipinski definition) is 1. The zero-order chi connectivity index (χ0) is 24.8. The van der Waals surface area contributed by atoms with Crippen LogP contribution < -0.4 is 0 Å². The fourth-order valence-corrected chi connectivity index (χ4v) is 4.01. The van der Waals surface area contributed by atoms with Gasteiger partial charge in [0.2, 0.25) is 0 Å². The van der Waals surface area contributed by atoms with Crippen molar-refractivity contribution in [2.45, 2.75) is 6.54 Å². The Hall–Kier alpha value is -3.27. The molecule has 4 rings (SSSR count). The Bertz CT molecular complexity index is 1200. The number of halogens is 2. The Labute approximate surface area is 203 Å². The largest absolute Gasteiger partial charge is 0.383 e. The van der Waals surface area contributed by atoms with Gasteiger partial charge >= 0.3 is 0 Å². The smallest absolute Gasteiger partial charge is 0.131 e. The molecule has 7 nitrogen and oxygen atoms in total. The van der Waals surface area contributed by atoms with Gasteiger partial charge in [0.05, 0.1) is 42.7 Å². The lowest BCUT2D eigenvalue weighted by molar-refractivity contribution is 0.0332. The standard InChI is InChI=1S/C26H29F2N5O2/c1-32(6-9-34-2)16-19(14-29)25-15-30-24-5-3-4-20(26(24)31-25)18-12-22(27)21(23(28)13-18)17-33-7-10-35-11-8-33/h3-5,12-16,29H,6-11,17H2,1-2H3/b19-16+,29-14?. The third-order valence-electron chi connectivity index (χ3n) is 5.97. The van der Waals surface area contributed by atoms with Crippen LogP contribution in [0.15, 0.2) is 42.7 Å². The lowest BCUT2D eigenvalue weighted by atomic mass is 10.0. The number of methoxy groups -OCH3 is 1. The number of rotatable bonds is 9. The van der Waals surface area contributed by atoms with Gasteiger partial charge in [-0.3, -0.25) is 9.88 Å². The number of benzene rings is 2. The predicted octanol–water partition coefficient (Wildman–Crippen LogP) is 3.98. The number of likely N-dealkylation sites (N-methyl/N-ethyl adjacent to an activating group) is 1. The normalized spacial score (nSPS) is 14.9. The summed E-state index contributed by atoms with van der Waals surface area (Å²) in [4.78, 5) is 13.1. The zero-order valence-corrected chi connectivity index (χ0v) is 19.9. The van der Waals surface area contributed by atoms with Crippen molar-refractivity contribution in [1.29, 1.82) is 5.41 Å². The molecule has 0 aliphatic carbocycles. The Morgan fingerprint density at radius 2 is 1.97 bits per heavy atom. The number of ether oxygens (including phenoxy) is 2.